The standard InChI is InChI=1S/C13H20O4/c1-3-13(7-5-4-6-8-13)17-12(16)10(2)9-11(14)15/h2-9H2,1H3,(H,14,15). The maximum atomic E-state index is 11.7. The van der Waals surface area contributed by atoms with Gasteiger partial charge in [0.15, 0.2) is 0 Å². The molecular weight excluding hydrogens is 220 g/mol. The van der Waals surface area contributed by atoms with Crippen LogP contribution < -0.4 is 0 Å². The van der Waals surface area contributed by atoms with E-state index in [2.05, 4.69) is 6.58 Å². The van der Waals surface area contributed by atoms with Gasteiger partial charge in [-0.15, -0.1) is 0 Å². The summed E-state index contributed by atoms with van der Waals surface area (Å²) in [7, 11) is 0. The van der Waals surface area contributed by atoms with Gasteiger partial charge in [0.25, 0.3) is 0 Å². The van der Waals surface area contributed by atoms with Gasteiger partial charge in [-0.2, -0.15) is 0 Å². The van der Waals surface area contributed by atoms with Crippen LogP contribution in [0, 0.1) is 0 Å². The van der Waals surface area contributed by atoms with E-state index >= 15 is 0 Å². The topological polar surface area (TPSA) is 63.6 Å². The molecule has 0 amide bonds. The lowest BCUT2D eigenvalue weighted by Gasteiger charge is -2.36. The summed E-state index contributed by atoms with van der Waals surface area (Å²) in [5, 5.41) is 8.59. The second-order valence-corrected chi connectivity index (χ2v) is 4.66. The van der Waals surface area contributed by atoms with E-state index in [1.54, 1.807) is 0 Å². The third kappa shape index (κ3) is 3.88. The molecule has 4 nitrogen and oxygen atoms in total. The van der Waals surface area contributed by atoms with Gasteiger partial charge in [0.1, 0.15) is 5.60 Å². The average molecular weight is 240 g/mol. The number of aliphatic carboxylic acids is 1. The monoisotopic (exact) mass is 240 g/mol. The van der Waals surface area contributed by atoms with Crippen molar-refractivity contribution in [1.29, 1.82) is 0 Å². The number of carboxylic acid groups (broad SMARTS) is 1. The highest BCUT2D eigenvalue weighted by Gasteiger charge is 2.34. The molecular formula is C13H20O4. The van der Waals surface area contributed by atoms with Crippen LogP contribution in [0.15, 0.2) is 12.2 Å². The van der Waals surface area contributed by atoms with E-state index in [-0.39, 0.29) is 12.0 Å². The van der Waals surface area contributed by atoms with Gasteiger partial charge in [-0.05, 0) is 32.1 Å². The summed E-state index contributed by atoms with van der Waals surface area (Å²) in [6, 6.07) is 0. The molecule has 96 valence electrons. The minimum absolute atomic E-state index is 0.0240. The summed E-state index contributed by atoms with van der Waals surface area (Å²) in [4.78, 5) is 22.2. The lowest BCUT2D eigenvalue weighted by molar-refractivity contribution is -0.160. The number of carbonyl (C=O) groups excluding carboxylic acids is 1. The van der Waals surface area contributed by atoms with E-state index in [4.69, 9.17) is 9.84 Å². The fraction of sp³-hybridized carbons (Fsp3) is 0.692. The van der Waals surface area contributed by atoms with Gasteiger partial charge in [0.05, 0.1) is 6.42 Å². The molecule has 0 saturated heterocycles. The molecule has 0 atom stereocenters. The highest BCUT2D eigenvalue weighted by molar-refractivity contribution is 5.93. The summed E-state index contributed by atoms with van der Waals surface area (Å²) in [5.41, 5.74) is -0.368. The fourth-order valence-electron chi connectivity index (χ4n) is 2.25. The van der Waals surface area contributed by atoms with E-state index in [1.165, 1.54) is 6.42 Å². The predicted octanol–water partition coefficient (Wildman–Crippen LogP) is 2.67. The zero-order valence-corrected chi connectivity index (χ0v) is 10.3. The Morgan fingerprint density at radius 3 is 2.35 bits per heavy atom. The van der Waals surface area contributed by atoms with Gasteiger partial charge in [-0.3, -0.25) is 4.79 Å². The molecule has 0 bridgehead atoms. The fourth-order valence-corrected chi connectivity index (χ4v) is 2.25. The Balaban J connectivity index is 2.58. The van der Waals surface area contributed by atoms with E-state index in [0.29, 0.717) is 0 Å². The van der Waals surface area contributed by atoms with Crippen LogP contribution in [0.2, 0.25) is 0 Å². The number of hydrogen-bond acceptors (Lipinski definition) is 3. The lowest BCUT2D eigenvalue weighted by Crippen LogP contribution is -2.37. The van der Waals surface area contributed by atoms with Crippen molar-refractivity contribution in [2.24, 2.45) is 0 Å². The Kier molecular flexibility index (Phi) is 4.73. The molecule has 1 fully saturated rings. The molecule has 0 spiro atoms. The molecule has 1 aliphatic carbocycles. The van der Waals surface area contributed by atoms with Crippen LogP contribution in [0.4, 0.5) is 0 Å². The van der Waals surface area contributed by atoms with Crippen LogP contribution in [0.3, 0.4) is 0 Å². The van der Waals surface area contributed by atoms with E-state index in [1.807, 2.05) is 6.92 Å². The molecule has 1 saturated carbocycles. The smallest absolute Gasteiger partial charge is 0.334 e. The molecule has 0 heterocycles. The summed E-state index contributed by atoms with van der Waals surface area (Å²) < 4.78 is 5.49. The Labute approximate surface area is 102 Å². The Hall–Kier alpha value is -1.32. The van der Waals surface area contributed by atoms with Gasteiger partial charge < -0.3 is 9.84 Å². The average Bonchev–Trinajstić information content (AvgIpc) is 2.29. The largest absolute Gasteiger partial charge is 0.481 e. The molecule has 4 heteroatoms. The number of ether oxygens (including phenoxy) is 1. The van der Waals surface area contributed by atoms with Gasteiger partial charge >= 0.3 is 11.9 Å². The molecule has 1 aliphatic rings. The summed E-state index contributed by atoms with van der Waals surface area (Å²) in [6.07, 6.45) is 5.47. The molecule has 0 aromatic carbocycles. The Bertz CT molecular complexity index is 313. The van der Waals surface area contributed by atoms with Gasteiger partial charge in [-0.1, -0.05) is 19.9 Å². The first-order valence-corrected chi connectivity index (χ1v) is 6.12. The van der Waals surface area contributed by atoms with Crippen LogP contribution in [-0.4, -0.2) is 22.6 Å². The zero-order chi connectivity index (χ0) is 12.9. The second kappa shape index (κ2) is 5.84. The van der Waals surface area contributed by atoms with E-state index in [0.717, 1.165) is 32.1 Å². The zero-order valence-electron chi connectivity index (χ0n) is 10.3. The van der Waals surface area contributed by atoms with Gasteiger partial charge in [0.2, 0.25) is 0 Å². The van der Waals surface area contributed by atoms with Crippen LogP contribution in [0.5, 0.6) is 0 Å². The molecule has 0 unspecified atom stereocenters. The van der Waals surface area contributed by atoms with Crippen LogP contribution in [0.25, 0.3) is 0 Å². The normalized spacial score (nSPS) is 18.4. The van der Waals surface area contributed by atoms with Crippen LogP contribution in [0.1, 0.15) is 51.9 Å². The van der Waals surface area contributed by atoms with Crippen molar-refractivity contribution in [2.75, 3.05) is 0 Å². The van der Waals surface area contributed by atoms with Crippen molar-refractivity contribution in [3.63, 3.8) is 0 Å². The molecule has 17 heavy (non-hydrogen) atoms. The maximum absolute atomic E-state index is 11.7. The van der Waals surface area contributed by atoms with Crippen molar-refractivity contribution < 1.29 is 19.4 Å². The van der Waals surface area contributed by atoms with Crippen molar-refractivity contribution in [3.8, 4) is 0 Å². The lowest BCUT2D eigenvalue weighted by atomic mass is 9.82. The van der Waals surface area contributed by atoms with Crippen LogP contribution >= 0.6 is 0 Å². The number of hydrogen-bond donors (Lipinski definition) is 1. The molecule has 0 aromatic heterocycles. The van der Waals surface area contributed by atoms with Crippen molar-refractivity contribution in [2.45, 2.75) is 57.5 Å². The Morgan fingerprint density at radius 1 is 1.29 bits per heavy atom. The third-order valence-corrected chi connectivity index (χ3v) is 3.37. The molecule has 0 radical (unpaired) electrons. The molecule has 1 N–H and O–H groups in total. The predicted molar refractivity (Wildman–Crippen MR) is 63.6 cm³/mol. The molecule has 1 rings (SSSR count). The van der Waals surface area contributed by atoms with E-state index in [9.17, 15) is 9.59 Å². The minimum Gasteiger partial charge on any atom is -0.481 e. The SMILES string of the molecule is C=C(CC(=O)O)C(=O)OC1(CC)CCCCC1. The van der Waals surface area contributed by atoms with E-state index < -0.39 is 17.5 Å². The minimum atomic E-state index is -1.05. The molecule has 0 aliphatic heterocycles. The second-order valence-electron chi connectivity index (χ2n) is 4.66. The highest BCUT2D eigenvalue weighted by atomic mass is 16.6. The highest BCUT2D eigenvalue weighted by Crippen LogP contribution is 2.35. The first-order chi connectivity index (χ1) is 7.99. The quantitative estimate of drug-likeness (QED) is 0.592. The summed E-state index contributed by atoms with van der Waals surface area (Å²) in [6.45, 7) is 5.47. The van der Waals surface area contributed by atoms with Crippen LogP contribution in [-0.2, 0) is 14.3 Å². The van der Waals surface area contributed by atoms with Crippen molar-refractivity contribution in [1.82, 2.24) is 0 Å². The van der Waals surface area contributed by atoms with Gasteiger partial charge in [-0.25, -0.2) is 4.79 Å². The summed E-state index contributed by atoms with van der Waals surface area (Å²) >= 11 is 0. The first-order valence-electron chi connectivity index (χ1n) is 6.12. The number of rotatable bonds is 5. The van der Waals surface area contributed by atoms with Crippen molar-refractivity contribution in [3.05, 3.63) is 12.2 Å². The maximum Gasteiger partial charge on any atom is 0.334 e. The number of carboxylic acids is 1. The third-order valence-electron chi connectivity index (χ3n) is 3.37. The van der Waals surface area contributed by atoms with Gasteiger partial charge in [0, 0.05) is 5.57 Å². The Morgan fingerprint density at radius 2 is 1.88 bits per heavy atom. The number of esters is 1. The van der Waals surface area contributed by atoms with Crippen molar-refractivity contribution >= 4 is 11.9 Å². The first kappa shape index (κ1) is 13.7. The number of carbonyl (C=O) groups is 2. The summed E-state index contributed by atoms with van der Waals surface area (Å²) in [5.74, 6) is -1.61. The molecule has 0 aromatic rings.